The van der Waals surface area contributed by atoms with Crippen LogP contribution in [0.25, 0.3) is 11.1 Å². The van der Waals surface area contributed by atoms with Crippen LogP contribution in [0.1, 0.15) is 49.7 Å². The first-order valence-corrected chi connectivity index (χ1v) is 6.47. The third-order valence-corrected chi connectivity index (χ3v) is 3.10. The molecule has 0 unspecified atom stereocenters. The fourth-order valence-corrected chi connectivity index (χ4v) is 2.14. The maximum Gasteiger partial charge on any atom is 0.257 e. The molecule has 0 saturated heterocycles. The van der Waals surface area contributed by atoms with Gasteiger partial charge < -0.3 is 9.84 Å². The Morgan fingerprint density at radius 1 is 1.47 bits per heavy atom. The van der Waals surface area contributed by atoms with Crippen LogP contribution in [0.4, 0.5) is 0 Å². The summed E-state index contributed by atoms with van der Waals surface area (Å²) >= 11 is 0. The molecule has 0 aliphatic carbocycles. The SMILES string of the molecule is CCCC(C)(C)NC(=O)c1cnc2onc(C)c2c1. The Labute approximate surface area is 112 Å². The largest absolute Gasteiger partial charge is 0.347 e. The molecule has 5 nitrogen and oxygen atoms in total. The van der Waals surface area contributed by atoms with Crippen molar-refractivity contribution >= 4 is 17.0 Å². The number of aryl methyl sites for hydroxylation is 1. The van der Waals surface area contributed by atoms with Crippen LogP contribution in [0.5, 0.6) is 0 Å². The second-order valence-corrected chi connectivity index (χ2v) is 5.43. The zero-order chi connectivity index (χ0) is 14.0. The lowest BCUT2D eigenvalue weighted by Gasteiger charge is -2.25. The van der Waals surface area contributed by atoms with Crippen LogP contribution in [0.15, 0.2) is 16.8 Å². The van der Waals surface area contributed by atoms with Crippen LogP contribution in [-0.2, 0) is 0 Å². The van der Waals surface area contributed by atoms with E-state index in [0.29, 0.717) is 11.3 Å². The van der Waals surface area contributed by atoms with Gasteiger partial charge in [-0.25, -0.2) is 4.98 Å². The van der Waals surface area contributed by atoms with Crippen LogP contribution in [-0.4, -0.2) is 21.6 Å². The average molecular weight is 261 g/mol. The van der Waals surface area contributed by atoms with E-state index in [1.165, 1.54) is 6.20 Å². The monoisotopic (exact) mass is 261 g/mol. The Hall–Kier alpha value is -1.91. The minimum absolute atomic E-state index is 0.117. The van der Waals surface area contributed by atoms with Crippen molar-refractivity contribution < 1.29 is 9.32 Å². The van der Waals surface area contributed by atoms with E-state index in [-0.39, 0.29) is 11.4 Å². The number of fused-ring (bicyclic) bond motifs is 1. The van der Waals surface area contributed by atoms with Crippen molar-refractivity contribution in [3.05, 3.63) is 23.5 Å². The summed E-state index contributed by atoms with van der Waals surface area (Å²) in [5.74, 6) is -0.117. The van der Waals surface area contributed by atoms with Gasteiger partial charge in [0, 0.05) is 11.7 Å². The molecule has 1 N–H and O–H groups in total. The summed E-state index contributed by atoms with van der Waals surface area (Å²) in [4.78, 5) is 16.3. The number of hydrogen-bond donors (Lipinski definition) is 1. The molecule has 0 saturated carbocycles. The molecule has 2 heterocycles. The third kappa shape index (κ3) is 2.92. The van der Waals surface area contributed by atoms with E-state index in [1.807, 2.05) is 20.8 Å². The molecule has 0 aliphatic rings. The smallest absolute Gasteiger partial charge is 0.257 e. The van der Waals surface area contributed by atoms with Crippen molar-refractivity contribution in [1.82, 2.24) is 15.5 Å². The number of amides is 1. The van der Waals surface area contributed by atoms with Gasteiger partial charge in [-0.15, -0.1) is 0 Å². The Morgan fingerprint density at radius 3 is 2.89 bits per heavy atom. The quantitative estimate of drug-likeness (QED) is 0.918. The van der Waals surface area contributed by atoms with E-state index in [4.69, 9.17) is 4.52 Å². The lowest BCUT2D eigenvalue weighted by atomic mass is 9.98. The highest BCUT2D eigenvalue weighted by molar-refractivity contribution is 5.97. The number of aromatic nitrogens is 2. The summed E-state index contributed by atoms with van der Waals surface area (Å²) in [6.45, 7) is 7.97. The number of carbonyl (C=O) groups excluding carboxylic acids is 1. The minimum Gasteiger partial charge on any atom is -0.347 e. The molecule has 2 aromatic rings. The summed E-state index contributed by atoms with van der Waals surface area (Å²) in [7, 11) is 0. The van der Waals surface area contributed by atoms with Crippen molar-refractivity contribution in [2.45, 2.75) is 46.1 Å². The molecule has 0 bridgehead atoms. The topological polar surface area (TPSA) is 68.0 Å². The van der Waals surface area contributed by atoms with Crippen LogP contribution < -0.4 is 5.32 Å². The van der Waals surface area contributed by atoms with Crippen LogP contribution in [0.2, 0.25) is 0 Å². The van der Waals surface area contributed by atoms with Gasteiger partial charge in [-0.1, -0.05) is 18.5 Å². The minimum atomic E-state index is -0.218. The highest BCUT2D eigenvalue weighted by Gasteiger charge is 2.21. The number of nitrogens with one attached hydrogen (secondary N) is 1. The van der Waals surface area contributed by atoms with Crippen molar-refractivity contribution in [3.63, 3.8) is 0 Å². The first-order chi connectivity index (χ1) is 8.93. The first-order valence-electron chi connectivity index (χ1n) is 6.47. The fraction of sp³-hybridized carbons (Fsp3) is 0.500. The maximum absolute atomic E-state index is 12.2. The van der Waals surface area contributed by atoms with Crippen molar-refractivity contribution in [1.29, 1.82) is 0 Å². The van der Waals surface area contributed by atoms with Crippen LogP contribution >= 0.6 is 0 Å². The molecule has 5 heteroatoms. The Kier molecular flexibility index (Phi) is 3.55. The number of pyridine rings is 1. The molecule has 0 radical (unpaired) electrons. The van der Waals surface area contributed by atoms with Gasteiger partial charge in [0.1, 0.15) is 0 Å². The maximum atomic E-state index is 12.2. The number of carbonyl (C=O) groups is 1. The van der Waals surface area contributed by atoms with E-state index >= 15 is 0 Å². The molecule has 0 fully saturated rings. The van der Waals surface area contributed by atoms with Gasteiger partial charge in [-0.2, -0.15) is 0 Å². The second kappa shape index (κ2) is 4.99. The van der Waals surface area contributed by atoms with E-state index in [1.54, 1.807) is 6.07 Å². The van der Waals surface area contributed by atoms with Gasteiger partial charge in [-0.05, 0) is 33.3 Å². The first kappa shape index (κ1) is 13.5. The van der Waals surface area contributed by atoms with Gasteiger partial charge in [0.15, 0.2) is 0 Å². The lowest BCUT2D eigenvalue weighted by molar-refractivity contribution is 0.0909. The van der Waals surface area contributed by atoms with Crippen molar-refractivity contribution in [3.8, 4) is 0 Å². The van der Waals surface area contributed by atoms with Gasteiger partial charge in [0.2, 0.25) is 0 Å². The van der Waals surface area contributed by atoms with Gasteiger partial charge >= 0.3 is 0 Å². The van der Waals surface area contributed by atoms with E-state index in [9.17, 15) is 4.79 Å². The van der Waals surface area contributed by atoms with Crippen molar-refractivity contribution in [2.75, 3.05) is 0 Å². The molecular formula is C14H19N3O2. The molecule has 1 amide bonds. The van der Waals surface area contributed by atoms with Crippen LogP contribution in [0.3, 0.4) is 0 Å². The summed E-state index contributed by atoms with van der Waals surface area (Å²) in [6, 6.07) is 1.77. The molecule has 0 atom stereocenters. The predicted octanol–water partition coefficient (Wildman–Crippen LogP) is 2.84. The molecule has 0 aromatic carbocycles. The lowest BCUT2D eigenvalue weighted by Crippen LogP contribution is -2.43. The molecule has 2 rings (SSSR count). The Morgan fingerprint density at radius 2 is 2.21 bits per heavy atom. The number of hydrogen-bond acceptors (Lipinski definition) is 4. The molecule has 0 aliphatic heterocycles. The highest BCUT2D eigenvalue weighted by Crippen LogP contribution is 2.18. The third-order valence-electron chi connectivity index (χ3n) is 3.10. The van der Waals surface area contributed by atoms with Crippen molar-refractivity contribution in [2.24, 2.45) is 0 Å². The molecule has 2 aromatic heterocycles. The Balaban J connectivity index is 2.24. The molecule has 19 heavy (non-hydrogen) atoms. The summed E-state index contributed by atoms with van der Waals surface area (Å²) in [5, 5.41) is 7.63. The molecular weight excluding hydrogens is 242 g/mol. The van der Waals surface area contributed by atoms with E-state index in [2.05, 4.69) is 22.4 Å². The van der Waals surface area contributed by atoms with Crippen LogP contribution in [0, 0.1) is 6.92 Å². The zero-order valence-corrected chi connectivity index (χ0v) is 11.8. The second-order valence-electron chi connectivity index (χ2n) is 5.43. The number of rotatable bonds is 4. The Bertz CT molecular complexity index is 602. The summed E-state index contributed by atoms with van der Waals surface area (Å²) < 4.78 is 5.03. The molecule has 0 spiro atoms. The van der Waals surface area contributed by atoms with Gasteiger partial charge in [-0.3, -0.25) is 4.79 Å². The van der Waals surface area contributed by atoms with E-state index < -0.39 is 0 Å². The zero-order valence-electron chi connectivity index (χ0n) is 11.8. The predicted molar refractivity (Wildman–Crippen MR) is 73.0 cm³/mol. The average Bonchev–Trinajstić information content (AvgIpc) is 2.70. The fourth-order valence-electron chi connectivity index (χ4n) is 2.14. The number of nitrogens with zero attached hydrogens (tertiary/aromatic N) is 2. The summed E-state index contributed by atoms with van der Waals surface area (Å²) in [5.41, 5.74) is 1.51. The van der Waals surface area contributed by atoms with Gasteiger partial charge in [0.05, 0.1) is 16.6 Å². The molecule has 102 valence electrons. The standard InChI is InChI=1S/C14H19N3O2/c1-5-6-14(3,4)16-12(18)10-7-11-9(2)17-19-13(11)15-8-10/h7-8H,5-6H2,1-4H3,(H,16,18). The van der Waals surface area contributed by atoms with E-state index in [0.717, 1.165) is 23.9 Å². The summed E-state index contributed by atoms with van der Waals surface area (Å²) in [6.07, 6.45) is 3.47. The normalized spacial score (nSPS) is 11.8. The van der Waals surface area contributed by atoms with Gasteiger partial charge in [0.25, 0.3) is 11.6 Å². The highest BCUT2D eigenvalue weighted by atomic mass is 16.5.